The maximum absolute atomic E-state index is 10.9. The van der Waals surface area contributed by atoms with E-state index in [4.69, 9.17) is 0 Å². The number of ketones is 1. The van der Waals surface area contributed by atoms with E-state index < -0.39 is 0 Å². The molecule has 10 heavy (non-hydrogen) atoms. The number of allylic oxidation sites excluding steroid dienone is 4. The number of hydrogen-bond acceptors (Lipinski definition) is 1. The Morgan fingerprint density at radius 2 is 1.90 bits per heavy atom. The third kappa shape index (κ3) is 4.07. The van der Waals surface area contributed by atoms with Crippen LogP contribution in [0.4, 0.5) is 0 Å². The van der Waals surface area contributed by atoms with Gasteiger partial charge in [-0.1, -0.05) is 32.1 Å². The van der Waals surface area contributed by atoms with E-state index in [1.807, 2.05) is 32.9 Å². The summed E-state index contributed by atoms with van der Waals surface area (Å²) in [5, 5.41) is 0. The summed E-state index contributed by atoms with van der Waals surface area (Å²) in [6.45, 7) is 5.70. The summed E-state index contributed by atoms with van der Waals surface area (Å²) in [5.74, 6) is 0.291. The van der Waals surface area contributed by atoms with Crippen LogP contribution >= 0.6 is 0 Å². The molecule has 0 aromatic heterocycles. The lowest BCUT2D eigenvalue weighted by molar-refractivity contribution is -0.117. The van der Waals surface area contributed by atoms with E-state index >= 15 is 0 Å². The van der Waals surface area contributed by atoms with Crippen LogP contribution in [0.15, 0.2) is 24.3 Å². The van der Waals surface area contributed by atoms with Gasteiger partial charge in [-0.25, -0.2) is 0 Å². The van der Waals surface area contributed by atoms with Crippen LogP contribution in [0.3, 0.4) is 0 Å². The zero-order chi connectivity index (χ0) is 7.98. The van der Waals surface area contributed by atoms with Crippen molar-refractivity contribution in [2.75, 3.05) is 0 Å². The van der Waals surface area contributed by atoms with E-state index in [1.165, 1.54) is 0 Å². The molecule has 0 aromatic rings. The molecular weight excluding hydrogens is 124 g/mol. The fourth-order valence-corrected chi connectivity index (χ4v) is 0.454. The minimum absolute atomic E-state index is 0.113. The molecule has 56 valence electrons. The Kier molecular flexibility index (Phi) is 4.55. The van der Waals surface area contributed by atoms with E-state index in [0.717, 1.165) is 0 Å². The second-order valence-electron chi connectivity index (χ2n) is 2.44. The molecule has 0 saturated heterocycles. The van der Waals surface area contributed by atoms with E-state index in [0.29, 0.717) is 0 Å². The first-order chi connectivity index (χ1) is 4.68. The average molecular weight is 138 g/mol. The minimum atomic E-state index is 0.113. The molecule has 1 heteroatoms. The van der Waals surface area contributed by atoms with Crippen LogP contribution in [-0.4, -0.2) is 5.78 Å². The molecule has 0 rings (SSSR count). The summed E-state index contributed by atoms with van der Waals surface area (Å²) in [5.41, 5.74) is 0. The van der Waals surface area contributed by atoms with Crippen molar-refractivity contribution in [2.24, 2.45) is 5.92 Å². The van der Waals surface area contributed by atoms with Gasteiger partial charge in [-0.15, -0.1) is 0 Å². The average Bonchev–Trinajstić information content (AvgIpc) is 1.88. The number of rotatable bonds is 3. The molecule has 0 spiro atoms. The molecule has 0 unspecified atom stereocenters. The van der Waals surface area contributed by atoms with Crippen LogP contribution < -0.4 is 0 Å². The second-order valence-corrected chi connectivity index (χ2v) is 2.44. The summed E-state index contributed by atoms with van der Waals surface area (Å²) < 4.78 is 0. The van der Waals surface area contributed by atoms with Crippen LogP contribution in [0.2, 0.25) is 0 Å². The van der Waals surface area contributed by atoms with Crippen LogP contribution in [-0.2, 0) is 4.79 Å². The van der Waals surface area contributed by atoms with Crippen molar-refractivity contribution in [1.29, 1.82) is 0 Å². The molecule has 0 fully saturated rings. The van der Waals surface area contributed by atoms with E-state index in [-0.39, 0.29) is 11.7 Å². The molecular formula is C9H14O. The number of hydrogen-bond donors (Lipinski definition) is 0. The quantitative estimate of drug-likeness (QED) is 0.432. The van der Waals surface area contributed by atoms with Crippen LogP contribution in [0, 0.1) is 5.92 Å². The molecule has 0 aliphatic carbocycles. The Labute approximate surface area is 62.4 Å². The first-order valence-electron chi connectivity index (χ1n) is 3.51. The highest BCUT2D eigenvalue weighted by Gasteiger charge is 1.99. The summed E-state index contributed by atoms with van der Waals surface area (Å²) >= 11 is 0. The minimum Gasteiger partial charge on any atom is -0.295 e. The van der Waals surface area contributed by atoms with E-state index in [2.05, 4.69) is 0 Å². The van der Waals surface area contributed by atoms with Gasteiger partial charge in [0.05, 0.1) is 0 Å². The molecule has 0 radical (unpaired) electrons. The molecule has 0 amide bonds. The molecule has 0 N–H and O–H groups in total. The molecule has 0 atom stereocenters. The summed E-state index contributed by atoms with van der Waals surface area (Å²) in [6.07, 6.45) is 7.11. The van der Waals surface area contributed by atoms with Gasteiger partial charge in [-0.2, -0.15) is 0 Å². The standard InChI is InChI=1S/C9H14O/c1-4-5-6-7-9(10)8(2)3/h4-8H,1-3H3/b5-4+,7-6+. The molecule has 0 bridgehead atoms. The first-order valence-corrected chi connectivity index (χ1v) is 3.51. The lowest BCUT2D eigenvalue weighted by atomic mass is 10.1. The van der Waals surface area contributed by atoms with Gasteiger partial charge in [0.25, 0.3) is 0 Å². The first kappa shape index (κ1) is 9.15. The Bertz CT molecular complexity index is 152. The molecule has 0 saturated carbocycles. The largest absolute Gasteiger partial charge is 0.295 e. The topological polar surface area (TPSA) is 17.1 Å². The lowest BCUT2D eigenvalue weighted by Gasteiger charge is -1.94. The van der Waals surface area contributed by atoms with E-state index in [1.54, 1.807) is 12.2 Å². The molecule has 0 heterocycles. The second kappa shape index (κ2) is 4.98. The Hall–Kier alpha value is -0.850. The van der Waals surface area contributed by atoms with Gasteiger partial charge < -0.3 is 0 Å². The Balaban J connectivity index is 3.78. The predicted octanol–water partition coefficient (Wildman–Crippen LogP) is 2.34. The molecule has 0 aliphatic heterocycles. The number of carbonyl (C=O) groups excluding carboxylic acids is 1. The summed E-state index contributed by atoms with van der Waals surface area (Å²) in [4.78, 5) is 10.9. The maximum Gasteiger partial charge on any atom is 0.158 e. The van der Waals surface area contributed by atoms with Gasteiger partial charge in [-0.05, 0) is 13.0 Å². The van der Waals surface area contributed by atoms with Crippen molar-refractivity contribution in [3.63, 3.8) is 0 Å². The highest BCUT2D eigenvalue weighted by atomic mass is 16.1. The molecule has 0 aliphatic rings. The highest BCUT2D eigenvalue weighted by Crippen LogP contribution is 1.94. The van der Waals surface area contributed by atoms with Crippen LogP contribution in [0.25, 0.3) is 0 Å². The summed E-state index contributed by atoms with van der Waals surface area (Å²) in [7, 11) is 0. The smallest absolute Gasteiger partial charge is 0.158 e. The van der Waals surface area contributed by atoms with Crippen LogP contribution in [0.1, 0.15) is 20.8 Å². The zero-order valence-electron chi connectivity index (χ0n) is 6.79. The van der Waals surface area contributed by atoms with Gasteiger partial charge in [0.15, 0.2) is 5.78 Å². The summed E-state index contributed by atoms with van der Waals surface area (Å²) in [6, 6.07) is 0. The number of carbonyl (C=O) groups is 1. The highest BCUT2D eigenvalue weighted by molar-refractivity contribution is 5.91. The van der Waals surface area contributed by atoms with Crippen molar-refractivity contribution >= 4 is 5.78 Å². The van der Waals surface area contributed by atoms with Gasteiger partial charge in [-0.3, -0.25) is 4.79 Å². The lowest BCUT2D eigenvalue weighted by Crippen LogP contribution is -2.01. The maximum atomic E-state index is 10.9. The molecule has 1 nitrogen and oxygen atoms in total. The SMILES string of the molecule is C/C=C/C=C/C(=O)C(C)C. The Morgan fingerprint density at radius 3 is 2.30 bits per heavy atom. The normalized spacial score (nSPS) is 12.0. The molecule has 0 aromatic carbocycles. The third-order valence-corrected chi connectivity index (χ3v) is 1.13. The monoisotopic (exact) mass is 138 g/mol. The van der Waals surface area contributed by atoms with E-state index in [9.17, 15) is 4.79 Å². The van der Waals surface area contributed by atoms with Crippen LogP contribution in [0.5, 0.6) is 0 Å². The zero-order valence-corrected chi connectivity index (χ0v) is 6.79. The fraction of sp³-hybridized carbons (Fsp3) is 0.444. The third-order valence-electron chi connectivity index (χ3n) is 1.13. The fourth-order valence-electron chi connectivity index (χ4n) is 0.454. The Morgan fingerprint density at radius 1 is 1.30 bits per heavy atom. The van der Waals surface area contributed by atoms with Gasteiger partial charge in [0.2, 0.25) is 0 Å². The van der Waals surface area contributed by atoms with Crippen molar-refractivity contribution in [3.05, 3.63) is 24.3 Å². The van der Waals surface area contributed by atoms with Crippen molar-refractivity contribution in [2.45, 2.75) is 20.8 Å². The predicted molar refractivity (Wildman–Crippen MR) is 43.8 cm³/mol. The van der Waals surface area contributed by atoms with Gasteiger partial charge >= 0.3 is 0 Å². The van der Waals surface area contributed by atoms with Crippen molar-refractivity contribution in [3.8, 4) is 0 Å². The van der Waals surface area contributed by atoms with Gasteiger partial charge in [0, 0.05) is 5.92 Å². The van der Waals surface area contributed by atoms with Crippen molar-refractivity contribution in [1.82, 2.24) is 0 Å². The van der Waals surface area contributed by atoms with Crippen molar-refractivity contribution < 1.29 is 4.79 Å². The van der Waals surface area contributed by atoms with Gasteiger partial charge in [0.1, 0.15) is 0 Å².